The normalized spacial score (nSPS) is 11.6. The Morgan fingerprint density at radius 3 is 1.75 bits per heavy atom. The van der Waals surface area contributed by atoms with E-state index in [1.165, 1.54) is 36.3 Å². The van der Waals surface area contributed by atoms with E-state index in [9.17, 15) is 0 Å². The van der Waals surface area contributed by atoms with Gasteiger partial charge in [0.2, 0.25) is 0 Å². The average molecular weight is 718 g/mol. The smallest absolute Gasteiger partial charge is 0.160 e. The third-order valence-electron chi connectivity index (χ3n) is 10.6. The standard InChI is InChI=1S/C51H31N3S/c1-3-15-33(16-4-1)48-45(49(34-17-5-2-6-18-34)54-51(53-48)38-27-26-32-14-7-8-19-35(32)30-38)36-20-13-21-37(31-36)47-42-29-28-40-39-22-10-12-25-44(39)55-50(40)46(42)41-23-9-11-24-43(41)52-47/h1-31H. The maximum Gasteiger partial charge on any atom is 0.160 e. The Bertz CT molecular complexity index is 3200. The fourth-order valence-electron chi connectivity index (χ4n) is 8.06. The molecule has 0 aliphatic rings. The molecule has 0 bridgehead atoms. The number of aromatic nitrogens is 3. The topological polar surface area (TPSA) is 38.7 Å². The first kappa shape index (κ1) is 31.5. The van der Waals surface area contributed by atoms with E-state index in [1.807, 2.05) is 11.3 Å². The maximum absolute atomic E-state index is 5.41. The summed E-state index contributed by atoms with van der Waals surface area (Å²) in [6, 6.07) is 66.5. The van der Waals surface area contributed by atoms with Crippen LogP contribution in [0.15, 0.2) is 188 Å². The van der Waals surface area contributed by atoms with Crippen LogP contribution < -0.4 is 0 Å². The summed E-state index contributed by atoms with van der Waals surface area (Å²) in [5.41, 5.74) is 9.84. The third kappa shape index (κ3) is 5.30. The van der Waals surface area contributed by atoms with Gasteiger partial charge in [-0.15, -0.1) is 11.3 Å². The number of hydrogen-bond acceptors (Lipinski definition) is 4. The number of hydrogen-bond donors (Lipinski definition) is 0. The van der Waals surface area contributed by atoms with Gasteiger partial charge in [-0.3, -0.25) is 0 Å². The number of thiophene rings is 1. The molecule has 0 aliphatic carbocycles. The van der Waals surface area contributed by atoms with Crippen molar-refractivity contribution in [1.29, 1.82) is 0 Å². The molecule has 0 spiro atoms. The van der Waals surface area contributed by atoms with Crippen LogP contribution in [0.2, 0.25) is 0 Å². The van der Waals surface area contributed by atoms with Crippen molar-refractivity contribution in [3.05, 3.63) is 188 Å². The molecule has 0 saturated carbocycles. The Morgan fingerprint density at radius 2 is 0.964 bits per heavy atom. The summed E-state index contributed by atoms with van der Waals surface area (Å²) in [6.45, 7) is 0. The van der Waals surface area contributed by atoms with E-state index in [-0.39, 0.29) is 0 Å². The Balaban J connectivity index is 1.18. The Labute approximate surface area is 321 Å². The number of rotatable bonds is 5. The molecule has 0 unspecified atom stereocenters. The second kappa shape index (κ2) is 12.8. The fraction of sp³-hybridized carbons (Fsp3) is 0. The molecule has 3 aromatic heterocycles. The van der Waals surface area contributed by atoms with Crippen LogP contribution in [0.25, 0.3) is 109 Å². The number of nitrogens with zero attached hydrogens (tertiary/aromatic N) is 3. The van der Waals surface area contributed by atoms with Gasteiger partial charge in [0.05, 0.1) is 22.6 Å². The first-order valence-corrected chi connectivity index (χ1v) is 19.3. The summed E-state index contributed by atoms with van der Waals surface area (Å²) in [4.78, 5) is 16.2. The monoisotopic (exact) mass is 717 g/mol. The summed E-state index contributed by atoms with van der Waals surface area (Å²) in [7, 11) is 0. The van der Waals surface area contributed by atoms with Gasteiger partial charge in [-0.05, 0) is 40.6 Å². The van der Waals surface area contributed by atoms with E-state index in [4.69, 9.17) is 15.0 Å². The molecule has 0 saturated heterocycles. The van der Waals surface area contributed by atoms with Crippen molar-refractivity contribution < 1.29 is 0 Å². The highest BCUT2D eigenvalue weighted by Gasteiger charge is 2.22. The predicted octanol–water partition coefficient (Wildman–Crippen LogP) is 14.0. The lowest BCUT2D eigenvalue weighted by atomic mass is 9.91. The lowest BCUT2D eigenvalue weighted by molar-refractivity contribution is 1.19. The minimum absolute atomic E-state index is 0.693. The van der Waals surface area contributed by atoms with Crippen molar-refractivity contribution >= 4 is 64.0 Å². The summed E-state index contributed by atoms with van der Waals surface area (Å²) in [6.07, 6.45) is 0. The zero-order chi connectivity index (χ0) is 36.3. The highest BCUT2D eigenvalue weighted by Crippen LogP contribution is 2.45. The van der Waals surface area contributed by atoms with E-state index < -0.39 is 0 Å². The van der Waals surface area contributed by atoms with Crippen LogP contribution in [0.1, 0.15) is 0 Å². The third-order valence-corrected chi connectivity index (χ3v) is 11.8. The molecule has 256 valence electrons. The first-order chi connectivity index (χ1) is 27.3. The molecule has 55 heavy (non-hydrogen) atoms. The zero-order valence-corrected chi connectivity index (χ0v) is 30.5. The van der Waals surface area contributed by atoms with Gasteiger partial charge in [-0.2, -0.15) is 0 Å². The van der Waals surface area contributed by atoms with Crippen molar-refractivity contribution in [1.82, 2.24) is 15.0 Å². The molecule has 0 radical (unpaired) electrons. The van der Waals surface area contributed by atoms with Gasteiger partial charge in [0, 0.05) is 64.1 Å². The molecular weight excluding hydrogens is 687 g/mol. The van der Waals surface area contributed by atoms with Crippen LogP contribution in [0.3, 0.4) is 0 Å². The van der Waals surface area contributed by atoms with Crippen LogP contribution in [0.5, 0.6) is 0 Å². The molecule has 8 aromatic carbocycles. The van der Waals surface area contributed by atoms with Crippen LogP contribution in [-0.4, -0.2) is 15.0 Å². The van der Waals surface area contributed by atoms with Gasteiger partial charge in [0.15, 0.2) is 5.82 Å². The van der Waals surface area contributed by atoms with E-state index in [1.54, 1.807) is 0 Å². The molecule has 0 aliphatic heterocycles. The van der Waals surface area contributed by atoms with E-state index in [2.05, 4.69) is 188 Å². The molecule has 0 fully saturated rings. The number of pyridine rings is 1. The molecule has 0 N–H and O–H groups in total. The van der Waals surface area contributed by atoms with Gasteiger partial charge in [0.25, 0.3) is 0 Å². The van der Waals surface area contributed by atoms with E-state index in [0.29, 0.717) is 5.82 Å². The summed E-state index contributed by atoms with van der Waals surface area (Å²) < 4.78 is 2.59. The minimum atomic E-state index is 0.693. The second-order valence-electron chi connectivity index (χ2n) is 13.9. The van der Waals surface area contributed by atoms with Gasteiger partial charge < -0.3 is 0 Å². The van der Waals surface area contributed by atoms with Crippen molar-refractivity contribution in [3.8, 4) is 56.3 Å². The van der Waals surface area contributed by atoms with Gasteiger partial charge in [-0.25, -0.2) is 15.0 Å². The first-order valence-electron chi connectivity index (χ1n) is 18.5. The quantitative estimate of drug-likeness (QED) is 0.166. The Hall–Kier alpha value is -7.01. The SMILES string of the molecule is c1ccc(-c2nc(-c3ccc4ccccc4c3)nc(-c3ccccc3)c2-c2cccc(-c3nc4ccccc4c4c3ccc3c5ccccc5sc34)c2)cc1. The molecule has 3 heterocycles. The van der Waals surface area contributed by atoms with Crippen LogP contribution >= 0.6 is 11.3 Å². The molecular formula is C51H31N3S. The molecule has 11 rings (SSSR count). The van der Waals surface area contributed by atoms with Gasteiger partial charge in [0.1, 0.15) is 0 Å². The molecule has 0 amide bonds. The van der Waals surface area contributed by atoms with Crippen LogP contribution in [0, 0.1) is 0 Å². The average Bonchev–Trinajstić information content (AvgIpc) is 3.65. The van der Waals surface area contributed by atoms with Crippen molar-refractivity contribution in [2.45, 2.75) is 0 Å². The molecule has 4 heteroatoms. The minimum Gasteiger partial charge on any atom is -0.247 e. The number of para-hydroxylation sites is 1. The van der Waals surface area contributed by atoms with Gasteiger partial charge >= 0.3 is 0 Å². The van der Waals surface area contributed by atoms with E-state index in [0.717, 1.165) is 66.8 Å². The van der Waals surface area contributed by atoms with Crippen molar-refractivity contribution in [2.75, 3.05) is 0 Å². The van der Waals surface area contributed by atoms with Crippen molar-refractivity contribution in [2.24, 2.45) is 0 Å². The highest BCUT2D eigenvalue weighted by atomic mass is 32.1. The summed E-state index contributed by atoms with van der Waals surface area (Å²) in [5, 5.41) is 8.49. The van der Waals surface area contributed by atoms with Gasteiger partial charge in [-0.1, -0.05) is 164 Å². The Morgan fingerprint density at radius 1 is 0.345 bits per heavy atom. The number of benzene rings is 8. The zero-order valence-electron chi connectivity index (χ0n) is 29.6. The molecule has 0 atom stereocenters. The lowest BCUT2D eigenvalue weighted by Gasteiger charge is -2.18. The summed E-state index contributed by atoms with van der Waals surface area (Å²) >= 11 is 1.86. The highest BCUT2D eigenvalue weighted by molar-refractivity contribution is 7.26. The lowest BCUT2D eigenvalue weighted by Crippen LogP contribution is -2.01. The largest absolute Gasteiger partial charge is 0.247 e. The Kier molecular flexibility index (Phi) is 7.35. The number of fused-ring (bicyclic) bond motifs is 8. The van der Waals surface area contributed by atoms with Crippen LogP contribution in [0.4, 0.5) is 0 Å². The van der Waals surface area contributed by atoms with E-state index >= 15 is 0 Å². The second-order valence-corrected chi connectivity index (χ2v) is 15.0. The molecule has 3 nitrogen and oxygen atoms in total. The maximum atomic E-state index is 5.41. The summed E-state index contributed by atoms with van der Waals surface area (Å²) in [5.74, 6) is 0.693. The molecule has 11 aromatic rings. The predicted molar refractivity (Wildman–Crippen MR) is 232 cm³/mol. The van der Waals surface area contributed by atoms with Crippen molar-refractivity contribution in [3.63, 3.8) is 0 Å². The fourth-order valence-corrected chi connectivity index (χ4v) is 9.32. The van der Waals surface area contributed by atoms with Crippen LogP contribution in [-0.2, 0) is 0 Å².